The zero-order chi connectivity index (χ0) is 12.4. The van der Waals surface area contributed by atoms with E-state index in [-0.39, 0.29) is 5.02 Å². The van der Waals surface area contributed by atoms with Gasteiger partial charge in [-0.15, -0.1) is 0 Å². The molecule has 0 aliphatic carbocycles. The summed E-state index contributed by atoms with van der Waals surface area (Å²) in [5, 5.41) is 0.563. The summed E-state index contributed by atoms with van der Waals surface area (Å²) in [5.74, 6) is -0.0951. The molecule has 2 N–H and O–H groups in total. The fraction of sp³-hybridized carbons (Fsp3) is 0.0833. The topological polar surface area (TPSA) is 38.9 Å². The van der Waals surface area contributed by atoms with Crippen LogP contribution >= 0.6 is 23.2 Å². The van der Waals surface area contributed by atoms with Crippen molar-refractivity contribution in [2.75, 3.05) is 5.73 Å². The van der Waals surface area contributed by atoms with E-state index in [1.807, 2.05) is 0 Å². The van der Waals surface area contributed by atoms with Crippen LogP contribution in [0.2, 0.25) is 10.0 Å². The quantitative estimate of drug-likeness (QED) is 0.904. The molecule has 0 saturated heterocycles. The summed E-state index contributed by atoms with van der Waals surface area (Å²) in [4.78, 5) is 3.92. The molecule has 1 aromatic carbocycles. The minimum Gasteiger partial charge on any atom is -0.383 e. The fourth-order valence-corrected chi connectivity index (χ4v) is 1.90. The SMILES string of the molecule is Nc1ncc(Cl)cc1Cc1cccc(Cl)c1F. The van der Waals surface area contributed by atoms with Crippen LogP contribution in [-0.2, 0) is 6.42 Å². The van der Waals surface area contributed by atoms with Crippen LogP contribution in [0.5, 0.6) is 0 Å². The molecule has 17 heavy (non-hydrogen) atoms. The lowest BCUT2D eigenvalue weighted by molar-refractivity contribution is 0.614. The number of nitrogens with zero attached hydrogens (tertiary/aromatic N) is 1. The number of hydrogen-bond donors (Lipinski definition) is 1. The fourth-order valence-electron chi connectivity index (χ4n) is 1.52. The molecule has 0 atom stereocenters. The lowest BCUT2D eigenvalue weighted by Gasteiger charge is -2.07. The summed E-state index contributed by atoms with van der Waals surface area (Å²) >= 11 is 11.5. The molecule has 0 aliphatic heterocycles. The summed E-state index contributed by atoms with van der Waals surface area (Å²) in [7, 11) is 0. The van der Waals surface area contributed by atoms with Crippen molar-refractivity contribution in [2.24, 2.45) is 0 Å². The number of benzene rings is 1. The molecular formula is C12H9Cl2FN2. The van der Waals surface area contributed by atoms with Crippen LogP contribution in [0.4, 0.5) is 10.2 Å². The van der Waals surface area contributed by atoms with E-state index < -0.39 is 5.82 Å². The zero-order valence-corrected chi connectivity index (χ0v) is 10.3. The molecule has 2 aromatic rings. The molecule has 2 rings (SSSR count). The van der Waals surface area contributed by atoms with Crippen molar-refractivity contribution in [3.63, 3.8) is 0 Å². The van der Waals surface area contributed by atoms with Gasteiger partial charge < -0.3 is 5.73 Å². The van der Waals surface area contributed by atoms with E-state index in [0.29, 0.717) is 28.4 Å². The van der Waals surface area contributed by atoms with Crippen molar-refractivity contribution < 1.29 is 4.39 Å². The van der Waals surface area contributed by atoms with Gasteiger partial charge in [-0.3, -0.25) is 0 Å². The maximum atomic E-state index is 13.7. The number of aromatic nitrogens is 1. The molecule has 0 radical (unpaired) electrons. The molecule has 0 saturated carbocycles. The molecule has 88 valence electrons. The number of halogens is 3. The highest BCUT2D eigenvalue weighted by atomic mass is 35.5. The van der Waals surface area contributed by atoms with Gasteiger partial charge in [0, 0.05) is 18.2 Å². The van der Waals surface area contributed by atoms with Gasteiger partial charge >= 0.3 is 0 Å². The third-order valence-electron chi connectivity index (χ3n) is 2.38. The molecule has 0 aliphatic rings. The van der Waals surface area contributed by atoms with Crippen LogP contribution in [0.15, 0.2) is 30.5 Å². The Hall–Kier alpha value is -1.32. The predicted molar refractivity (Wildman–Crippen MR) is 67.9 cm³/mol. The minimum absolute atomic E-state index is 0.0936. The van der Waals surface area contributed by atoms with Gasteiger partial charge in [0.25, 0.3) is 0 Å². The van der Waals surface area contributed by atoms with Crippen LogP contribution < -0.4 is 5.73 Å². The Morgan fingerprint density at radius 2 is 2.00 bits per heavy atom. The Balaban J connectivity index is 2.38. The second-order valence-corrected chi connectivity index (χ2v) is 4.43. The molecule has 5 heteroatoms. The first kappa shape index (κ1) is 12.1. The van der Waals surface area contributed by atoms with Crippen molar-refractivity contribution in [2.45, 2.75) is 6.42 Å². The highest BCUT2D eigenvalue weighted by molar-refractivity contribution is 6.31. The molecule has 0 unspecified atom stereocenters. The largest absolute Gasteiger partial charge is 0.383 e. The van der Waals surface area contributed by atoms with Crippen LogP contribution in [0.3, 0.4) is 0 Å². The first-order chi connectivity index (χ1) is 8.08. The van der Waals surface area contributed by atoms with Crippen LogP contribution in [0, 0.1) is 5.82 Å². The van der Waals surface area contributed by atoms with E-state index in [2.05, 4.69) is 4.98 Å². The molecule has 1 aromatic heterocycles. The summed E-state index contributed by atoms with van der Waals surface area (Å²) in [6, 6.07) is 6.51. The molecule has 0 fully saturated rings. The Kier molecular flexibility index (Phi) is 3.50. The predicted octanol–water partition coefficient (Wildman–Crippen LogP) is 3.70. The van der Waals surface area contributed by atoms with Gasteiger partial charge in [-0.25, -0.2) is 9.37 Å². The third-order valence-corrected chi connectivity index (χ3v) is 2.88. The summed E-state index contributed by atoms with van der Waals surface area (Å²) in [6.45, 7) is 0. The number of hydrogen-bond acceptors (Lipinski definition) is 2. The number of anilines is 1. The van der Waals surface area contributed by atoms with Crippen LogP contribution in [0.1, 0.15) is 11.1 Å². The molecule has 2 nitrogen and oxygen atoms in total. The van der Waals surface area contributed by atoms with E-state index in [4.69, 9.17) is 28.9 Å². The molecule has 0 amide bonds. The second kappa shape index (κ2) is 4.90. The van der Waals surface area contributed by atoms with Crippen molar-refractivity contribution in [1.29, 1.82) is 0 Å². The molecular weight excluding hydrogens is 262 g/mol. The second-order valence-electron chi connectivity index (χ2n) is 3.59. The Morgan fingerprint density at radius 3 is 2.76 bits per heavy atom. The van der Waals surface area contributed by atoms with Crippen molar-refractivity contribution in [1.82, 2.24) is 4.98 Å². The molecule has 0 spiro atoms. The minimum atomic E-state index is -0.437. The molecule has 0 bridgehead atoms. The van der Waals surface area contributed by atoms with Crippen LogP contribution in [0.25, 0.3) is 0 Å². The Bertz CT molecular complexity index is 558. The first-order valence-electron chi connectivity index (χ1n) is 4.90. The summed E-state index contributed by atoms with van der Waals surface area (Å²) < 4.78 is 13.7. The van der Waals surface area contributed by atoms with Gasteiger partial charge in [-0.1, -0.05) is 35.3 Å². The number of nitrogen functional groups attached to an aromatic ring is 1. The van der Waals surface area contributed by atoms with Gasteiger partial charge in [-0.05, 0) is 17.7 Å². The Morgan fingerprint density at radius 1 is 1.24 bits per heavy atom. The monoisotopic (exact) mass is 270 g/mol. The molecule has 1 heterocycles. The van der Waals surface area contributed by atoms with Gasteiger partial charge in [0.1, 0.15) is 11.6 Å². The number of rotatable bonds is 2. The van der Waals surface area contributed by atoms with Crippen molar-refractivity contribution in [3.8, 4) is 0 Å². The van der Waals surface area contributed by atoms with Crippen molar-refractivity contribution in [3.05, 3.63) is 57.5 Å². The lowest BCUT2D eigenvalue weighted by atomic mass is 10.1. The number of nitrogens with two attached hydrogens (primary N) is 1. The average Bonchev–Trinajstić information content (AvgIpc) is 2.30. The van der Waals surface area contributed by atoms with Gasteiger partial charge in [0.05, 0.1) is 10.0 Å². The first-order valence-corrected chi connectivity index (χ1v) is 5.66. The van der Waals surface area contributed by atoms with Gasteiger partial charge in [0.2, 0.25) is 0 Å². The zero-order valence-electron chi connectivity index (χ0n) is 8.75. The summed E-state index contributed by atoms with van der Waals surface area (Å²) in [5.41, 5.74) is 6.85. The lowest BCUT2D eigenvalue weighted by Crippen LogP contribution is -2.00. The van der Waals surface area contributed by atoms with E-state index in [0.717, 1.165) is 0 Å². The van der Waals surface area contributed by atoms with E-state index in [1.165, 1.54) is 12.3 Å². The van der Waals surface area contributed by atoms with E-state index >= 15 is 0 Å². The maximum Gasteiger partial charge on any atom is 0.145 e. The normalized spacial score (nSPS) is 10.5. The highest BCUT2D eigenvalue weighted by Gasteiger charge is 2.09. The summed E-state index contributed by atoms with van der Waals surface area (Å²) in [6.07, 6.45) is 1.76. The average molecular weight is 271 g/mol. The standard InChI is InChI=1S/C12H9Cl2FN2/c13-9-5-8(12(16)17-6-9)4-7-2-1-3-10(14)11(7)15/h1-3,5-6H,4H2,(H2,16,17). The van der Waals surface area contributed by atoms with Crippen molar-refractivity contribution >= 4 is 29.0 Å². The van der Waals surface area contributed by atoms with E-state index in [9.17, 15) is 4.39 Å². The van der Waals surface area contributed by atoms with Gasteiger partial charge in [-0.2, -0.15) is 0 Å². The third kappa shape index (κ3) is 2.68. The van der Waals surface area contributed by atoms with E-state index in [1.54, 1.807) is 18.2 Å². The smallest absolute Gasteiger partial charge is 0.145 e. The Labute approximate surface area is 108 Å². The maximum absolute atomic E-state index is 13.7. The van der Waals surface area contributed by atoms with Gasteiger partial charge in [0.15, 0.2) is 0 Å². The number of pyridine rings is 1. The highest BCUT2D eigenvalue weighted by Crippen LogP contribution is 2.23. The van der Waals surface area contributed by atoms with Crippen LogP contribution in [-0.4, -0.2) is 4.98 Å².